The van der Waals surface area contributed by atoms with E-state index in [2.05, 4.69) is 27.7 Å². The topological polar surface area (TPSA) is 0 Å². The van der Waals surface area contributed by atoms with Crippen LogP contribution in [0.1, 0.15) is 53.4 Å². The third-order valence-electron chi connectivity index (χ3n) is 3.95. The van der Waals surface area contributed by atoms with Crippen LogP contribution in [0, 0.1) is 11.3 Å². The Morgan fingerprint density at radius 2 is 1.92 bits per heavy atom. The van der Waals surface area contributed by atoms with Crippen LogP contribution in [0.15, 0.2) is 0 Å². The van der Waals surface area contributed by atoms with Crippen LogP contribution in [0.3, 0.4) is 0 Å². The number of hydrogen-bond acceptors (Lipinski definition) is 1. The molecule has 1 aliphatic carbocycles. The third-order valence-corrected chi connectivity index (χ3v) is 4.64. The molecule has 0 aromatic heterocycles. The molecule has 1 fully saturated rings. The van der Waals surface area contributed by atoms with Crippen molar-refractivity contribution in [3.8, 4) is 0 Å². The van der Waals surface area contributed by atoms with Gasteiger partial charge in [0, 0.05) is 4.75 Å². The molecule has 1 saturated carbocycles. The molecule has 0 spiro atoms. The predicted octanol–water partition coefficient (Wildman–Crippen LogP) is 3.91. The smallest absolute Gasteiger partial charge is 0.0132 e. The lowest BCUT2D eigenvalue weighted by molar-refractivity contribution is 0.221. The first-order chi connectivity index (χ1) is 5.42. The van der Waals surface area contributed by atoms with E-state index in [1.807, 2.05) is 0 Å². The van der Waals surface area contributed by atoms with Gasteiger partial charge in [-0.05, 0) is 37.0 Å². The van der Waals surface area contributed by atoms with Crippen molar-refractivity contribution in [2.45, 2.75) is 58.1 Å². The van der Waals surface area contributed by atoms with Crippen molar-refractivity contribution >= 4 is 12.6 Å². The van der Waals surface area contributed by atoms with Crippen LogP contribution in [0.25, 0.3) is 0 Å². The molecule has 0 heterocycles. The molecule has 0 aliphatic heterocycles. The average molecular weight is 186 g/mol. The SMILES string of the molecule is CCC1(S)CCC(C)(C(C)C)C1. The van der Waals surface area contributed by atoms with Crippen LogP contribution in [0.2, 0.25) is 0 Å². The Hall–Kier alpha value is 0.350. The molecule has 12 heavy (non-hydrogen) atoms. The molecule has 1 rings (SSSR count). The third kappa shape index (κ3) is 1.81. The van der Waals surface area contributed by atoms with Gasteiger partial charge in [0.1, 0.15) is 0 Å². The minimum atomic E-state index is 0.346. The number of hydrogen-bond donors (Lipinski definition) is 1. The summed E-state index contributed by atoms with van der Waals surface area (Å²) in [5.74, 6) is 0.804. The fraction of sp³-hybridized carbons (Fsp3) is 1.00. The summed E-state index contributed by atoms with van der Waals surface area (Å²) in [6.45, 7) is 9.37. The van der Waals surface area contributed by atoms with E-state index in [1.54, 1.807) is 0 Å². The van der Waals surface area contributed by atoms with E-state index < -0.39 is 0 Å². The van der Waals surface area contributed by atoms with Crippen molar-refractivity contribution in [3.05, 3.63) is 0 Å². The maximum atomic E-state index is 4.79. The molecular formula is C11H22S. The van der Waals surface area contributed by atoms with Gasteiger partial charge in [-0.15, -0.1) is 0 Å². The van der Waals surface area contributed by atoms with Gasteiger partial charge in [0.05, 0.1) is 0 Å². The van der Waals surface area contributed by atoms with Crippen molar-refractivity contribution in [2.75, 3.05) is 0 Å². The van der Waals surface area contributed by atoms with Crippen LogP contribution in [0.4, 0.5) is 0 Å². The van der Waals surface area contributed by atoms with Gasteiger partial charge in [0.15, 0.2) is 0 Å². The molecule has 2 unspecified atom stereocenters. The quantitative estimate of drug-likeness (QED) is 0.621. The average Bonchev–Trinajstić information content (AvgIpc) is 2.30. The number of rotatable bonds is 2. The van der Waals surface area contributed by atoms with E-state index in [0.717, 1.165) is 5.92 Å². The van der Waals surface area contributed by atoms with Crippen molar-refractivity contribution in [1.82, 2.24) is 0 Å². The second-order valence-corrected chi connectivity index (χ2v) is 6.01. The molecule has 0 saturated heterocycles. The van der Waals surface area contributed by atoms with E-state index in [-0.39, 0.29) is 0 Å². The Bertz CT molecular complexity index is 164. The van der Waals surface area contributed by atoms with E-state index >= 15 is 0 Å². The standard InChI is InChI=1S/C11H22S/c1-5-11(12)7-6-10(4,8-11)9(2)3/h9,12H,5-8H2,1-4H3. The Kier molecular flexibility index (Phi) is 2.82. The van der Waals surface area contributed by atoms with Gasteiger partial charge in [-0.1, -0.05) is 27.7 Å². The first kappa shape index (κ1) is 10.4. The molecule has 72 valence electrons. The molecule has 0 radical (unpaired) electrons. The highest BCUT2D eigenvalue weighted by Gasteiger charge is 2.43. The maximum Gasteiger partial charge on any atom is 0.0132 e. The zero-order valence-corrected chi connectivity index (χ0v) is 9.75. The summed E-state index contributed by atoms with van der Waals surface area (Å²) in [7, 11) is 0. The summed E-state index contributed by atoms with van der Waals surface area (Å²) in [5.41, 5.74) is 0.553. The molecule has 1 aliphatic rings. The molecule has 0 bridgehead atoms. The Morgan fingerprint density at radius 1 is 1.33 bits per heavy atom. The van der Waals surface area contributed by atoms with Gasteiger partial charge >= 0.3 is 0 Å². The Morgan fingerprint density at radius 3 is 2.17 bits per heavy atom. The first-order valence-corrected chi connectivity index (χ1v) is 5.59. The normalized spacial score (nSPS) is 42.5. The van der Waals surface area contributed by atoms with Crippen LogP contribution in [-0.2, 0) is 0 Å². The highest BCUT2D eigenvalue weighted by Crippen LogP contribution is 2.52. The fourth-order valence-electron chi connectivity index (χ4n) is 2.24. The van der Waals surface area contributed by atoms with E-state index in [1.165, 1.54) is 25.7 Å². The van der Waals surface area contributed by atoms with Crippen LogP contribution in [-0.4, -0.2) is 4.75 Å². The van der Waals surface area contributed by atoms with Gasteiger partial charge < -0.3 is 0 Å². The van der Waals surface area contributed by atoms with Crippen LogP contribution in [0.5, 0.6) is 0 Å². The van der Waals surface area contributed by atoms with Gasteiger partial charge in [0.25, 0.3) is 0 Å². The molecule has 0 nitrogen and oxygen atoms in total. The van der Waals surface area contributed by atoms with Crippen molar-refractivity contribution in [2.24, 2.45) is 11.3 Å². The molecule has 1 heteroatoms. The molecule has 0 N–H and O–H groups in total. The lowest BCUT2D eigenvalue weighted by Crippen LogP contribution is -2.24. The van der Waals surface area contributed by atoms with Crippen molar-refractivity contribution in [1.29, 1.82) is 0 Å². The first-order valence-electron chi connectivity index (χ1n) is 5.14. The lowest BCUT2D eigenvalue weighted by Gasteiger charge is -2.31. The molecule has 0 amide bonds. The van der Waals surface area contributed by atoms with Crippen LogP contribution < -0.4 is 0 Å². The van der Waals surface area contributed by atoms with Gasteiger partial charge in [-0.25, -0.2) is 0 Å². The Labute approximate surface area is 82.5 Å². The van der Waals surface area contributed by atoms with Gasteiger partial charge in [-0.3, -0.25) is 0 Å². The summed E-state index contributed by atoms with van der Waals surface area (Å²) in [4.78, 5) is 0. The summed E-state index contributed by atoms with van der Waals surface area (Å²) >= 11 is 4.79. The summed E-state index contributed by atoms with van der Waals surface area (Å²) < 4.78 is 0.346. The van der Waals surface area contributed by atoms with E-state index in [9.17, 15) is 0 Å². The fourth-order valence-corrected chi connectivity index (χ4v) is 2.71. The predicted molar refractivity (Wildman–Crippen MR) is 58.8 cm³/mol. The molecule has 0 aromatic rings. The minimum Gasteiger partial charge on any atom is -0.172 e. The van der Waals surface area contributed by atoms with E-state index in [0.29, 0.717) is 10.2 Å². The molecular weight excluding hydrogens is 164 g/mol. The van der Waals surface area contributed by atoms with Crippen molar-refractivity contribution in [3.63, 3.8) is 0 Å². The zero-order chi connectivity index (χ0) is 9.41. The van der Waals surface area contributed by atoms with E-state index in [4.69, 9.17) is 12.6 Å². The highest BCUT2D eigenvalue weighted by molar-refractivity contribution is 7.81. The Balaban J connectivity index is 2.66. The lowest BCUT2D eigenvalue weighted by atomic mass is 9.77. The summed E-state index contributed by atoms with van der Waals surface area (Å²) in [5, 5.41) is 0. The second kappa shape index (κ2) is 3.25. The summed E-state index contributed by atoms with van der Waals surface area (Å²) in [6.07, 6.45) is 5.19. The molecule has 2 atom stereocenters. The largest absolute Gasteiger partial charge is 0.172 e. The highest BCUT2D eigenvalue weighted by atomic mass is 32.1. The zero-order valence-electron chi connectivity index (χ0n) is 8.85. The minimum absolute atomic E-state index is 0.346. The summed E-state index contributed by atoms with van der Waals surface area (Å²) in [6, 6.07) is 0. The molecule has 0 aromatic carbocycles. The van der Waals surface area contributed by atoms with Gasteiger partial charge in [-0.2, -0.15) is 12.6 Å². The van der Waals surface area contributed by atoms with Gasteiger partial charge in [0.2, 0.25) is 0 Å². The number of thiol groups is 1. The van der Waals surface area contributed by atoms with Crippen molar-refractivity contribution < 1.29 is 0 Å². The van der Waals surface area contributed by atoms with Crippen LogP contribution >= 0.6 is 12.6 Å². The maximum absolute atomic E-state index is 4.79. The monoisotopic (exact) mass is 186 g/mol. The second-order valence-electron chi connectivity index (χ2n) is 5.06.